The molecular weight excluding hydrogens is 314 g/mol. The minimum Gasteiger partial charge on any atom is -0.497 e. The summed E-state index contributed by atoms with van der Waals surface area (Å²) < 4.78 is 5.16. The number of amides is 1. The van der Waals surface area contributed by atoms with Crippen molar-refractivity contribution < 1.29 is 14.6 Å². The summed E-state index contributed by atoms with van der Waals surface area (Å²) in [4.78, 5) is 13.1. The summed E-state index contributed by atoms with van der Waals surface area (Å²) in [7, 11) is 1.62. The molecule has 0 radical (unpaired) electrons. The third-order valence-corrected chi connectivity index (χ3v) is 6.81. The van der Waals surface area contributed by atoms with Crippen molar-refractivity contribution >= 4 is 5.91 Å². The van der Waals surface area contributed by atoms with Crippen LogP contribution in [0, 0.1) is 23.2 Å². The van der Waals surface area contributed by atoms with Gasteiger partial charge in [0.1, 0.15) is 5.75 Å². The second-order valence-corrected chi connectivity index (χ2v) is 8.68. The van der Waals surface area contributed by atoms with E-state index in [1.165, 1.54) is 19.3 Å². The quantitative estimate of drug-likeness (QED) is 0.861. The lowest BCUT2D eigenvalue weighted by Gasteiger charge is -2.55. The van der Waals surface area contributed by atoms with Crippen LogP contribution in [0.25, 0.3) is 0 Å². The molecule has 25 heavy (non-hydrogen) atoms. The minimum atomic E-state index is -0.705. The summed E-state index contributed by atoms with van der Waals surface area (Å²) >= 11 is 0. The third-order valence-electron chi connectivity index (χ3n) is 6.81. The molecule has 5 rings (SSSR count). The normalized spacial score (nSPS) is 35.2. The van der Waals surface area contributed by atoms with Crippen molar-refractivity contribution in [2.24, 2.45) is 23.2 Å². The van der Waals surface area contributed by atoms with Crippen LogP contribution in [0.4, 0.5) is 0 Å². The van der Waals surface area contributed by atoms with E-state index in [4.69, 9.17) is 4.74 Å². The van der Waals surface area contributed by atoms with Gasteiger partial charge in [0.15, 0.2) is 0 Å². The smallest absolute Gasteiger partial charge is 0.226 e. The number of ether oxygens (including phenoxy) is 1. The first-order valence-electron chi connectivity index (χ1n) is 9.62. The topological polar surface area (TPSA) is 58.6 Å². The molecule has 0 aromatic heterocycles. The summed E-state index contributed by atoms with van der Waals surface area (Å²) in [5.41, 5.74) is 0.641. The molecule has 2 N–H and O–H groups in total. The van der Waals surface area contributed by atoms with Crippen molar-refractivity contribution in [3.8, 4) is 5.75 Å². The van der Waals surface area contributed by atoms with Gasteiger partial charge in [-0.15, -0.1) is 0 Å². The van der Waals surface area contributed by atoms with Crippen molar-refractivity contribution in [2.45, 2.75) is 57.6 Å². The molecule has 2 atom stereocenters. The molecule has 4 heteroatoms. The average Bonchev–Trinajstić information content (AvgIpc) is 2.60. The van der Waals surface area contributed by atoms with Gasteiger partial charge >= 0.3 is 0 Å². The zero-order valence-corrected chi connectivity index (χ0v) is 15.2. The number of aliphatic hydroxyl groups is 1. The molecule has 4 aliphatic rings. The molecule has 0 saturated heterocycles. The summed E-state index contributed by atoms with van der Waals surface area (Å²) in [6.45, 7) is 1.90. The number of methoxy groups -OCH3 is 1. The van der Waals surface area contributed by atoms with E-state index in [2.05, 4.69) is 5.32 Å². The van der Waals surface area contributed by atoms with E-state index in [1.807, 2.05) is 31.2 Å². The molecule has 4 bridgehead atoms. The van der Waals surface area contributed by atoms with Gasteiger partial charge in [0.2, 0.25) is 5.91 Å². The average molecular weight is 343 g/mol. The Hall–Kier alpha value is -1.55. The molecule has 0 aliphatic heterocycles. The van der Waals surface area contributed by atoms with Crippen molar-refractivity contribution in [2.75, 3.05) is 7.11 Å². The highest BCUT2D eigenvalue weighted by molar-refractivity contribution is 5.83. The molecule has 136 valence electrons. The molecule has 4 saturated carbocycles. The SMILES string of the molecule is COc1ccc(C(O)C(C)NC(=O)C23CC4CC(CC(C4)C2)C3)cc1. The Balaban J connectivity index is 1.43. The number of hydrogen-bond acceptors (Lipinski definition) is 3. The Morgan fingerprint density at radius 2 is 1.64 bits per heavy atom. The number of hydrogen-bond donors (Lipinski definition) is 2. The Morgan fingerprint density at radius 3 is 2.12 bits per heavy atom. The molecule has 2 unspecified atom stereocenters. The van der Waals surface area contributed by atoms with Gasteiger partial charge in [-0.25, -0.2) is 0 Å². The first kappa shape index (κ1) is 16.9. The summed E-state index contributed by atoms with van der Waals surface area (Å²) in [5.74, 6) is 3.18. The monoisotopic (exact) mass is 343 g/mol. The zero-order valence-electron chi connectivity index (χ0n) is 15.2. The van der Waals surface area contributed by atoms with Gasteiger partial charge in [0.05, 0.1) is 19.3 Å². The molecule has 1 aromatic carbocycles. The van der Waals surface area contributed by atoms with Crippen molar-refractivity contribution in [3.63, 3.8) is 0 Å². The second kappa shape index (κ2) is 6.31. The fraction of sp³-hybridized carbons (Fsp3) is 0.667. The van der Waals surface area contributed by atoms with Crippen LogP contribution in [0.2, 0.25) is 0 Å². The highest BCUT2D eigenvalue weighted by Gasteiger charge is 2.54. The molecule has 0 heterocycles. The van der Waals surface area contributed by atoms with Crippen molar-refractivity contribution in [1.29, 1.82) is 0 Å². The zero-order chi connectivity index (χ0) is 17.6. The molecule has 4 fully saturated rings. The van der Waals surface area contributed by atoms with Gasteiger partial charge in [-0.05, 0) is 80.9 Å². The lowest BCUT2D eigenvalue weighted by atomic mass is 9.49. The Bertz CT molecular complexity index is 604. The van der Waals surface area contributed by atoms with Crippen LogP contribution < -0.4 is 10.1 Å². The maximum absolute atomic E-state index is 13.1. The third kappa shape index (κ3) is 3.05. The van der Waals surface area contributed by atoms with E-state index < -0.39 is 6.10 Å². The van der Waals surface area contributed by atoms with Crippen LogP contribution >= 0.6 is 0 Å². The van der Waals surface area contributed by atoms with Crippen LogP contribution in [0.3, 0.4) is 0 Å². The van der Waals surface area contributed by atoms with Crippen LogP contribution in [-0.4, -0.2) is 24.2 Å². The molecule has 1 amide bonds. The maximum atomic E-state index is 13.1. The summed E-state index contributed by atoms with van der Waals surface area (Å²) in [6, 6.07) is 7.10. The molecular formula is C21H29NO3. The van der Waals surface area contributed by atoms with E-state index in [9.17, 15) is 9.90 Å². The van der Waals surface area contributed by atoms with Gasteiger partial charge in [-0.3, -0.25) is 4.79 Å². The van der Waals surface area contributed by atoms with Gasteiger partial charge < -0.3 is 15.2 Å². The fourth-order valence-corrected chi connectivity index (χ4v) is 5.92. The Morgan fingerprint density at radius 1 is 1.12 bits per heavy atom. The number of rotatable bonds is 5. The second-order valence-electron chi connectivity index (χ2n) is 8.68. The van der Waals surface area contributed by atoms with Gasteiger partial charge in [0, 0.05) is 5.41 Å². The van der Waals surface area contributed by atoms with Crippen LogP contribution in [-0.2, 0) is 4.79 Å². The lowest BCUT2D eigenvalue weighted by Crippen LogP contribution is -2.55. The number of carbonyl (C=O) groups is 1. The fourth-order valence-electron chi connectivity index (χ4n) is 5.92. The highest BCUT2D eigenvalue weighted by Crippen LogP contribution is 2.60. The van der Waals surface area contributed by atoms with Gasteiger partial charge in [0.25, 0.3) is 0 Å². The number of carbonyl (C=O) groups excluding carboxylic acids is 1. The predicted octanol–water partition coefficient (Wildman–Crippen LogP) is 3.45. The highest BCUT2D eigenvalue weighted by atomic mass is 16.5. The van der Waals surface area contributed by atoms with E-state index in [1.54, 1.807) is 7.11 Å². The van der Waals surface area contributed by atoms with E-state index in [0.29, 0.717) is 0 Å². The Kier molecular flexibility index (Phi) is 4.27. The lowest BCUT2D eigenvalue weighted by molar-refractivity contribution is -0.147. The first-order chi connectivity index (χ1) is 12.0. The van der Waals surface area contributed by atoms with Crippen LogP contribution in [0.5, 0.6) is 5.75 Å². The van der Waals surface area contributed by atoms with Gasteiger partial charge in [-0.2, -0.15) is 0 Å². The standard InChI is InChI=1S/C21H29NO3/c1-13(19(23)17-3-5-18(25-2)6-4-17)22-20(24)21-10-14-7-15(11-21)9-16(8-14)12-21/h3-6,13-16,19,23H,7-12H2,1-2H3,(H,22,24). The van der Waals surface area contributed by atoms with Gasteiger partial charge in [-0.1, -0.05) is 12.1 Å². The van der Waals surface area contributed by atoms with E-state index in [-0.39, 0.29) is 17.4 Å². The molecule has 4 aliphatic carbocycles. The number of benzene rings is 1. The number of aliphatic hydroxyl groups excluding tert-OH is 1. The molecule has 0 spiro atoms. The van der Waals surface area contributed by atoms with E-state index >= 15 is 0 Å². The predicted molar refractivity (Wildman–Crippen MR) is 96.2 cm³/mol. The van der Waals surface area contributed by atoms with Crippen LogP contribution in [0.1, 0.15) is 57.1 Å². The van der Waals surface area contributed by atoms with Crippen molar-refractivity contribution in [3.05, 3.63) is 29.8 Å². The Labute approximate surface area is 150 Å². The van der Waals surface area contributed by atoms with E-state index in [0.717, 1.165) is 48.3 Å². The van der Waals surface area contributed by atoms with Crippen molar-refractivity contribution in [1.82, 2.24) is 5.32 Å². The summed E-state index contributed by atoms with van der Waals surface area (Å²) in [5, 5.41) is 13.8. The number of nitrogens with one attached hydrogen (secondary N) is 1. The summed E-state index contributed by atoms with van der Waals surface area (Å²) in [6.07, 6.45) is 6.44. The van der Waals surface area contributed by atoms with Crippen LogP contribution in [0.15, 0.2) is 24.3 Å². The molecule has 1 aromatic rings. The first-order valence-corrected chi connectivity index (χ1v) is 9.62. The minimum absolute atomic E-state index is 0.164. The maximum Gasteiger partial charge on any atom is 0.226 e. The largest absolute Gasteiger partial charge is 0.497 e. The molecule has 4 nitrogen and oxygen atoms in total.